The standard InChI is InChI=1S/C14H15FO4/c1-2-4-11(14(18)19)12(8-13(16)17)9-5-3-6-10(15)7-9/h2-3,5-7,11-12H,1,4,8H2,(H,16,17)(H,18,19). The Morgan fingerprint density at radius 1 is 1.37 bits per heavy atom. The van der Waals surface area contributed by atoms with Crippen LogP contribution in [-0.4, -0.2) is 22.2 Å². The number of hydrogen-bond donors (Lipinski definition) is 2. The third-order valence-electron chi connectivity index (χ3n) is 2.89. The molecule has 1 aromatic carbocycles. The quantitative estimate of drug-likeness (QED) is 0.744. The van der Waals surface area contributed by atoms with Crippen molar-refractivity contribution in [2.75, 3.05) is 0 Å². The van der Waals surface area contributed by atoms with Crippen LogP contribution in [0, 0.1) is 11.7 Å². The van der Waals surface area contributed by atoms with Gasteiger partial charge >= 0.3 is 11.9 Å². The Bertz CT molecular complexity index is 484. The van der Waals surface area contributed by atoms with Crippen molar-refractivity contribution in [3.8, 4) is 0 Å². The molecule has 0 fully saturated rings. The molecule has 2 unspecified atom stereocenters. The Morgan fingerprint density at radius 3 is 2.53 bits per heavy atom. The zero-order chi connectivity index (χ0) is 14.4. The molecule has 0 saturated heterocycles. The first kappa shape index (κ1) is 14.9. The Hall–Kier alpha value is -2.17. The summed E-state index contributed by atoms with van der Waals surface area (Å²) in [6.45, 7) is 3.47. The van der Waals surface area contributed by atoms with E-state index in [1.165, 1.54) is 30.3 Å². The summed E-state index contributed by atoms with van der Waals surface area (Å²) in [5.41, 5.74) is 0.372. The molecule has 0 saturated carbocycles. The van der Waals surface area contributed by atoms with Gasteiger partial charge in [-0.1, -0.05) is 18.2 Å². The number of benzene rings is 1. The van der Waals surface area contributed by atoms with E-state index < -0.39 is 29.6 Å². The van der Waals surface area contributed by atoms with E-state index in [1.54, 1.807) is 0 Å². The zero-order valence-corrected chi connectivity index (χ0v) is 10.3. The van der Waals surface area contributed by atoms with Gasteiger partial charge in [-0.05, 0) is 24.1 Å². The number of carboxylic acids is 2. The van der Waals surface area contributed by atoms with E-state index in [2.05, 4.69) is 6.58 Å². The molecule has 0 aliphatic rings. The number of aliphatic carboxylic acids is 2. The van der Waals surface area contributed by atoms with Gasteiger partial charge < -0.3 is 10.2 Å². The fourth-order valence-electron chi connectivity index (χ4n) is 2.03. The average molecular weight is 266 g/mol. The summed E-state index contributed by atoms with van der Waals surface area (Å²) < 4.78 is 13.2. The summed E-state index contributed by atoms with van der Waals surface area (Å²) in [7, 11) is 0. The van der Waals surface area contributed by atoms with E-state index >= 15 is 0 Å². The molecule has 0 amide bonds. The van der Waals surface area contributed by atoms with Crippen LogP contribution < -0.4 is 0 Å². The second-order valence-electron chi connectivity index (χ2n) is 4.23. The SMILES string of the molecule is C=CCC(C(=O)O)C(CC(=O)O)c1cccc(F)c1. The minimum absolute atomic E-state index is 0.129. The van der Waals surface area contributed by atoms with Crippen molar-refractivity contribution in [1.82, 2.24) is 0 Å². The van der Waals surface area contributed by atoms with Crippen LogP contribution in [0.3, 0.4) is 0 Å². The predicted octanol–water partition coefficient (Wildman–Crippen LogP) is 2.66. The maximum absolute atomic E-state index is 13.2. The molecule has 1 aromatic rings. The first-order valence-electron chi connectivity index (χ1n) is 5.76. The highest BCUT2D eigenvalue weighted by Gasteiger charge is 2.30. The number of rotatable bonds is 7. The predicted molar refractivity (Wildman–Crippen MR) is 67.3 cm³/mol. The van der Waals surface area contributed by atoms with Crippen molar-refractivity contribution in [2.24, 2.45) is 5.92 Å². The van der Waals surface area contributed by atoms with E-state index in [9.17, 15) is 19.1 Å². The third-order valence-corrected chi connectivity index (χ3v) is 2.89. The molecular weight excluding hydrogens is 251 g/mol. The number of halogens is 1. The first-order chi connectivity index (χ1) is 8.95. The molecule has 1 rings (SSSR count). The highest BCUT2D eigenvalue weighted by Crippen LogP contribution is 2.31. The summed E-state index contributed by atoms with van der Waals surface area (Å²) in [5, 5.41) is 18.1. The number of hydrogen-bond acceptors (Lipinski definition) is 2. The Morgan fingerprint density at radius 2 is 2.05 bits per heavy atom. The lowest BCUT2D eigenvalue weighted by molar-refractivity contribution is -0.143. The summed E-state index contributed by atoms with van der Waals surface area (Å²) in [5.74, 6) is -4.48. The van der Waals surface area contributed by atoms with Crippen molar-refractivity contribution in [3.05, 3.63) is 48.3 Å². The lowest BCUT2D eigenvalue weighted by atomic mass is 9.81. The summed E-state index contributed by atoms with van der Waals surface area (Å²) in [6.07, 6.45) is 1.19. The van der Waals surface area contributed by atoms with Crippen LogP contribution in [0.5, 0.6) is 0 Å². The minimum Gasteiger partial charge on any atom is -0.481 e. The van der Waals surface area contributed by atoms with E-state index in [-0.39, 0.29) is 12.8 Å². The fraction of sp³-hybridized carbons (Fsp3) is 0.286. The van der Waals surface area contributed by atoms with Crippen molar-refractivity contribution >= 4 is 11.9 Å². The maximum atomic E-state index is 13.2. The highest BCUT2D eigenvalue weighted by molar-refractivity contribution is 5.74. The molecule has 102 valence electrons. The molecular formula is C14H15FO4. The molecule has 0 heterocycles. The Kier molecular flexibility index (Phi) is 5.23. The van der Waals surface area contributed by atoms with Gasteiger partial charge in [-0.25, -0.2) is 4.39 Å². The van der Waals surface area contributed by atoms with E-state index in [0.717, 1.165) is 0 Å². The van der Waals surface area contributed by atoms with Crippen LogP contribution in [-0.2, 0) is 9.59 Å². The van der Waals surface area contributed by atoms with Crippen LogP contribution in [0.25, 0.3) is 0 Å². The molecule has 0 radical (unpaired) electrons. The lowest BCUT2D eigenvalue weighted by Crippen LogP contribution is -2.24. The lowest BCUT2D eigenvalue weighted by Gasteiger charge is -2.22. The summed E-state index contributed by atoms with van der Waals surface area (Å²) in [6, 6.07) is 5.37. The molecule has 0 aliphatic heterocycles. The van der Waals surface area contributed by atoms with Gasteiger partial charge in [0.15, 0.2) is 0 Å². The van der Waals surface area contributed by atoms with Gasteiger partial charge in [0.05, 0.1) is 12.3 Å². The second-order valence-corrected chi connectivity index (χ2v) is 4.23. The number of carbonyl (C=O) groups is 2. The van der Waals surface area contributed by atoms with Crippen LogP contribution >= 0.6 is 0 Å². The largest absolute Gasteiger partial charge is 0.481 e. The van der Waals surface area contributed by atoms with Crippen LogP contribution in [0.15, 0.2) is 36.9 Å². The Balaban J connectivity index is 3.15. The number of carboxylic acid groups (broad SMARTS) is 2. The molecule has 5 heteroatoms. The van der Waals surface area contributed by atoms with Crippen molar-refractivity contribution in [1.29, 1.82) is 0 Å². The van der Waals surface area contributed by atoms with Crippen LogP contribution in [0.1, 0.15) is 24.3 Å². The maximum Gasteiger partial charge on any atom is 0.307 e. The van der Waals surface area contributed by atoms with Gasteiger partial charge in [0.2, 0.25) is 0 Å². The van der Waals surface area contributed by atoms with Gasteiger partial charge in [-0.3, -0.25) is 9.59 Å². The molecule has 0 bridgehead atoms. The van der Waals surface area contributed by atoms with E-state index in [0.29, 0.717) is 5.56 Å². The monoisotopic (exact) mass is 266 g/mol. The minimum atomic E-state index is -1.12. The smallest absolute Gasteiger partial charge is 0.307 e. The normalized spacial score (nSPS) is 13.5. The topological polar surface area (TPSA) is 74.6 Å². The zero-order valence-electron chi connectivity index (χ0n) is 10.3. The third kappa shape index (κ3) is 4.21. The van der Waals surface area contributed by atoms with E-state index in [4.69, 9.17) is 5.11 Å². The van der Waals surface area contributed by atoms with Gasteiger partial charge in [0.1, 0.15) is 5.82 Å². The summed E-state index contributed by atoms with van der Waals surface area (Å²) in [4.78, 5) is 22.1. The molecule has 0 spiro atoms. The average Bonchev–Trinajstić information content (AvgIpc) is 2.33. The van der Waals surface area contributed by atoms with Crippen molar-refractivity contribution in [2.45, 2.75) is 18.8 Å². The molecule has 19 heavy (non-hydrogen) atoms. The second kappa shape index (κ2) is 6.68. The van der Waals surface area contributed by atoms with Gasteiger partial charge in [-0.15, -0.1) is 6.58 Å². The van der Waals surface area contributed by atoms with Gasteiger partial charge in [-0.2, -0.15) is 0 Å². The van der Waals surface area contributed by atoms with Gasteiger partial charge in [0.25, 0.3) is 0 Å². The molecule has 0 aromatic heterocycles. The fourth-order valence-corrected chi connectivity index (χ4v) is 2.03. The molecule has 0 aliphatic carbocycles. The van der Waals surface area contributed by atoms with E-state index in [1.807, 2.05) is 0 Å². The van der Waals surface area contributed by atoms with Gasteiger partial charge in [0, 0.05) is 5.92 Å². The molecule has 2 N–H and O–H groups in total. The van der Waals surface area contributed by atoms with Crippen LogP contribution in [0.2, 0.25) is 0 Å². The highest BCUT2D eigenvalue weighted by atomic mass is 19.1. The Labute approximate surface area is 110 Å². The van der Waals surface area contributed by atoms with Crippen molar-refractivity contribution in [3.63, 3.8) is 0 Å². The molecule has 4 nitrogen and oxygen atoms in total. The summed E-state index contributed by atoms with van der Waals surface area (Å²) >= 11 is 0. The molecule has 2 atom stereocenters. The first-order valence-corrected chi connectivity index (χ1v) is 5.76. The number of allylic oxidation sites excluding steroid dienone is 1. The van der Waals surface area contributed by atoms with Crippen molar-refractivity contribution < 1.29 is 24.2 Å². The van der Waals surface area contributed by atoms with Crippen LogP contribution in [0.4, 0.5) is 4.39 Å².